The van der Waals surface area contributed by atoms with E-state index in [9.17, 15) is 18.0 Å². The molecule has 0 radical (unpaired) electrons. The van der Waals surface area contributed by atoms with Gasteiger partial charge in [-0.1, -0.05) is 0 Å². The zero-order valence-electron chi connectivity index (χ0n) is 13.6. The number of carbonyl (C=O) groups is 1. The highest BCUT2D eigenvalue weighted by Crippen LogP contribution is 2.30. The van der Waals surface area contributed by atoms with Crippen LogP contribution in [0.1, 0.15) is 15.9 Å². The minimum atomic E-state index is -4.38. The van der Waals surface area contributed by atoms with Gasteiger partial charge in [-0.05, 0) is 42.5 Å². The summed E-state index contributed by atoms with van der Waals surface area (Å²) < 4.78 is 47.7. The lowest BCUT2D eigenvalue weighted by Crippen LogP contribution is -2.04. The van der Waals surface area contributed by atoms with E-state index in [2.05, 4.69) is 5.32 Å². The Kier molecular flexibility index (Phi) is 5.69. The van der Waals surface area contributed by atoms with Gasteiger partial charge in [0, 0.05) is 23.5 Å². The summed E-state index contributed by atoms with van der Waals surface area (Å²) in [5, 5.41) is 2.75. The number of methoxy groups -OCH3 is 2. The fourth-order valence-corrected chi connectivity index (χ4v) is 2.05. The number of anilines is 1. The molecular formula is C18H16F3NO3. The van der Waals surface area contributed by atoms with Crippen LogP contribution in [0.25, 0.3) is 0 Å². The van der Waals surface area contributed by atoms with Gasteiger partial charge in [0.1, 0.15) is 0 Å². The molecule has 2 aromatic rings. The Labute approximate surface area is 142 Å². The van der Waals surface area contributed by atoms with Crippen LogP contribution >= 0.6 is 0 Å². The molecule has 1 N–H and O–H groups in total. The summed E-state index contributed by atoms with van der Waals surface area (Å²) in [5.41, 5.74) is 0.0934. The predicted molar refractivity (Wildman–Crippen MR) is 88.1 cm³/mol. The molecule has 132 valence electrons. The van der Waals surface area contributed by atoms with E-state index >= 15 is 0 Å². The Morgan fingerprint density at radius 1 is 1.00 bits per heavy atom. The number of ether oxygens (including phenoxy) is 2. The molecule has 0 saturated heterocycles. The number of hydrogen-bond donors (Lipinski definition) is 1. The number of rotatable bonds is 6. The first-order chi connectivity index (χ1) is 11.8. The lowest BCUT2D eigenvalue weighted by Gasteiger charge is -2.08. The van der Waals surface area contributed by atoms with Crippen molar-refractivity contribution in [2.24, 2.45) is 0 Å². The van der Waals surface area contributed by atoms with Crippen molar-refractivity contribution in [3.63, 3.8) is 0 Å². The first-order valence-electron chi connectivity index (χ1n) is 7.22. The van der Waals surface area contributed by atoms with Crippen LogP contribution in [0.2, 0.25) is 0 Å². The molecule has 0 heterocycles. The number of hydrogen-bond acceptors (Lipinski definition) is 4. The van der Waals surface area contributed by atoms with Gasteiger partial charge in [-0.25, -0.2) is 0 Å². The Bertz CT molecular complexity index is 768. The second-order valence-electron chi connectivity index (χ2n) is 4.99. The normalized spacial score (nSPS) is 11.4. The van der Waals surface area contributed by atoms with Crippen LogP contribution in [0.4, 0.5) is 18.9 Å². The maximum Gasteiger partial charge on any atom is 0.416 e. The van der Waals surface area contributed by atoms with Crippen molar-refractivity contribution in [3.05, 3.63) is 65.9 Å². The second kappa shape index (κ2) is 7.74. The smallest absolute Gasteiger partial charge is 0.416 e. The van der Waals surface area contributed by atoms with Gasteiger partial charge in [0.05, 0.1) is 19.8 Å². The standard InChI is InChI=1S/C18H16F3NO3/c1-24-16-8-3-12(11-17(16)25-2)15(23)9-10-22-14-6-4-13(5-7-14)18(19,20)21/h3-11,22H,1-2H3/b10-9+. The molecule has 2 aromatic carbocycles. The number of alkyl halides is 3. The number of nitrogens with one attached hydrogen (secondary N) is 1. The van der Waals surface area contributed by atoms with Crippen molar-refractivity contribution in [2.45, 2.75) is 6.18 Å². The van der Waals surface area contributed by atoms with Gasteiger partial charge in [-0.2, -0.15) is 13.2 Å². The Morgan fingerprint density at radius 2 is 1.64 bits per heavy atom. The average molecular weight is 351 g/mol. The molecule has 7 heteroatoms. The quantitative estimate of drug-likeness (QED) is 0.614. The SMILES string of the molecule is COc1ccc(C(=O)/C=C/Nc2ccc(C(F)(F)F)cc2)cc1OC. The first kappa shape index (κ1) is 18.4. The van der Waals surface area contributed by atoms with Crippen molar-refractivity contribution < 1.29 is 27.4 Å². The number of halogens is 3. The topological polar surface area (TPSA) is 47.6 Å². The molecule has 0 fully saturated rings. The van der Waals surface area contributed by atoms with Crippen LogP contribution < -0.4 is 14.8 Å². The van der Waals surface area contributed by atoms with Gasteiger partial charge in [-0.3, -0.25) is 4.79 Å². The van der Waals surface area contributed by atoms with E-state index in [1.807, 2.05) is 0 Å². The van der Waals surface area contributed by atoms with Gasteiger partial charge in [-0.15, -0.1) is 0 Å². The van der Waals surface area contributed by atoms with Gasteiger partial charge in [0.2, 0.25) is 0 Å². The molecule has 0 atom stereocenters. The van der Waals surface area contributed by atoms with E-state index < -0.39 is 11.7 Å². The molecule has 0 bridgehead atoms. The minimum absolute atomic E-state index is 0.291. The monoisotopic (exact) mass is 351 g/mol. The highest BCUT2D eigenvalue weighted by Gasteiger charge is 2.29. The summed E-state index contributed by atoms with van der Waals surface area (Å²) in [6, 6.07) is 9.25. The summed E-state index contributed by atoms with van der Waals surface area (Å²) in [7, 11) is 2.96. The van der Waals surface area contributed by atoms with Gasteiger partial charge < -0.3 is 14.8 Å². The van der Waals surface area contributed by atoms with Gasteiger partial charge >= 0.3 is 6.18 Å². The molecule has 0 saturated carbocycles. The van der Waals surface area contributed by atoms with E-state index in [4.69, 9.17) is 9.47 Å². The highest BCUT2D eigenvalue weighted by atomic mass is 19.4. The molecule has 0 aliphatic heterocycles. The van der Waals surface area contributed by atoms with Crippen LogP contribution in [-0.2, 0) is 6.18 Å². The van der Waals surface area contributed by atoms with Crippen LogP contribution in [0.3, 0.4) is 0 Å². The molecule has 4 nitrogen and oxygen atoms in total. The second-order valence-corrected chi connectivity index (χ2v) is 4.99. The summed E-state index contributed by atoms with van der Waals surface area (Å²) >= 11 is 0. The zero-order chi connectivity index (χ0) is 18.4. The number of ketones is 1. The highest BCUT2D eigenvalue weighted by molar-refractivity contribution is 6.05. The lowest BCUT2D eigenvalue weighted by atomic mass is 10.1. The number of benzene rings is 2. The van der Waals surface area contributed by atoms with Crippen LogP contribution in [-0.4, -0.2) is 20.0 Å². The van der Waals surface area contributed by atoms with Crippen LogP contribution in [0.5, 0.6) is 11.5 Å². The lowest BCUT2D eigenvalue weighted by molar-refractivity contribution is -0.137. The van der Waals surface area contributed by atoms with Crippen molar-refractivity contribution in [3.8, 4) is 11.5 Å². The summed E-state index contributed by atoms with van der Waals surface area (Å²) in [4.78, 5) is 12.1. The zero-order valence-corrected chi connectivity index (χ0v) is 13.6. The molecule has 0 spiro atoms. The Hall–Kier alpha value is -2.96. The van der Waals surface area contributed by atoms with Gasteiger partial charge in [0.15, 0.2) is 17.3 Å². The summed E-state index contributed by atoms with van der Waals surface area (Å²) in [6.45, 7) is 0. The molecule has 0 amide bonds. The molecule has 0 aromatic heterocycles. The van der Waals surface area contributed by atoms with Crippen LogP contribution in [0.15, 0.2) is 54.7 Å². The first-order valence-corrected chi connectivity index (χ1v) is 7.22. The van der Waals surface area contributed by atoms with E-state index in [0.29, 0.717) is 22.7 Å². The summed E-state index contributed by atoms with van der Waals surface area (Å²) in [5.74, 6) is 0.642. The Morgan fingerprint density at radius 3 is 2.20 bits per heavy atom. The third-order valence-electron chi connectivity index (χ3n) is 3.36. The van der Waals surface area contributed by atoms with Crippen molar-refractivity contribution in [1.29, 1.82) is 0 Å². The van der Waals surface area contributed by atoms with Crippen LogP contribution in [0, 0.1) is 0 Å². The molecule has 0 unspecified atom stereocenters. The third kappa shape index (κ3) is 4.76. The van der Waals surface area contributed by atoms with Crippen molar-refractivity contribution in [1.82, 2.24) is 0 Å². The fraction of sp³-hybridized carbons (Fsp3) is 0.167. The maximum absolute atomic E-state index is 12.5. The largest absolute Gasteiger partial charge is 0.493 e. The average Bonchev–Trinajstić information content (AvgIpc) is 2.60. The number of allylic oxidation sites excluding steroid dienone is 1. The van der Waals surface area contributed by atoms with Gasteiger partial charge in [0.25, 0.3) is 0 Å². The van der Waals surface area contributed by atoms with E-state index in [1.54, 1.807) is 18.2 Å². The maximum atomic E-state index is 12.5. The molecule has 0 aliphatic carbocycles. The van der Waals surface area contributed by atoms with E-state index in [1.165, 1.54) is 38.6 Å². The van der Waals surface area contributed by atoms with E-state index in [0.717, 1.165) is 12.1 Å². The number of carbonyl (C=O) groups excluding carboxylic acids is 1. The Balaban J connectivity index is 2.03. The predicted octanol–water partition coefficient (Wildman–Crippen LogP) is 4.53. The summed E-state index contributed by atoms with van der Waals surface area (Å²) in [6.07, 6.45) is -1.74. The molecule has 2 rings (SSSR count). The van der Waals surface area contributed by atoms with Crippen molar-refractivity contribution >= 4 is 11.5 Å². The molecule has 25 heavy (non-hydrogen) atoms. The minimum Gasteiger partial charge on any atom is -0.493 e. The fourth-order valence-electron chi connectivity index (χ4n) is 2.05. The van der Waals surface area contributed by atoms with Crippen molar-refractivity contribution in [2.75, 3.05) is 19.5 Å². The van der Waals surface area contributed by atoms with E-state index in [-0.39, 0.29) is 5.78 Å². The molecular weight excluding hydrogens is 335 g/mol. The third-order valence-corrected chi connectivity index (χ3v) is 3.36. The molecule has 0 aliphatic rings.